The van der Waals surface area contributed by atoms with Crippen molar-refractivity contribution >= 4 is 35.1 Å². The van der Waals surface area contributed by atoms with E-state index in [1.54, 1.807) is 43.9 Å². The zero-order valence-electron chi connectivity index (χ0n) is 14.3. The minimum atomic E-state index is -0.594. The maximum absolute atomic E-state index is 13.0. The summed E-state index contributed by atoms with van der Waals surface area (Å²) in [5.41, 5.74) is -0.347. The highest BCUT2D eigenvalue weighted by atomic mass is 35.5. The number of rotatable bonds is 4. The van der Waals surface area contributed by atoms with Crippen molar-refractivity contribution in [3.8, 4) is 0 Å². The normalized spacial score (nSPS) is 15.4. The molecule has 0 heterocycles. The molecule has 0 saturated heterocycles. The van der Waals surface area contributed by atoms with Gasteiger partial charge in [-0.05, 0) is 45.7 Å². The SMILES string of the molecule is CC(C)(C)OC(=O)CN(C(=O)c1c(Cl)cccc1Cl)C1CCCC1. The van der Waals surface area contributed by atoms with Crippen LogP contribution in [0.4, 0.5) is 0 Å². The quantitative estimate of drug-likeness (QED) is 0.719. The average molecular weight is 372 g/mol. The first-order valence-corrected chi connectivity index (χ1v) is 8.91. The summed E-state index contributed by atoms with van der Waals surface area (Å²) in [6.07, 6.45) is 3.82. The van der Waals surface area contributed by atoms with Gasteiger partial charge in [-0.3, -0.25) is 9.59 Å². The van der Waals surface area contributed by atoms with Crippen molar-refractivity contribution in [3.63, 3.8) is 0 Å². The molecule has 0 spiro atoms. The lowest BCUT2D eigenvalue weighted by Gasteiger charge is -2.30. The van der Waals surface area contributed by atoms with Gasteiger partial charge in [0.15, 0.2) is 0 Å². The van der Waals surface area contributed by atoms with Crippen molar-refractivity contribution in [1.82, 2.24) is 4.90 Å². The van der Waals surface area contributed by atoms with Gasteiger partial charge in [0.05, 0.1) is 15.6 Å². The number of carbonyl (C=O) groups is 2. The largest absolute Gasteiger partial charge is 0.459 e. The predicted molar refractivity (Wildman–Crippen MR) is 95.6 cm³/mol. The Hall–Kier alpha value is -1.26. The molecule has 0 radical (unpaired) electrons. The molecular formula is C18H23Cl2NO3. The van der Waals surface area contributed by atoms with Gasteiger partial charge in [-0.15, -0.1) is 0 Å². The van der Waals surface area contributed by atoms with Gasteiger partial charge in [0.25, 0.3) is 5.91 Å². The van der Waals surface area contributed by atoms with Crippen molar-refractivity contribution < 1.29 is 14.3 Å². The van der Waals surface area contributed by atoms with Crippen LogP contribution in [-0.4, -0.2) is 35.0 Å². The van der Waals surface area contributed by atoms with E-state index in [0.29, 0.717) is 10.0 Å². The summed E-state index contributed by atoms with van der Waals surface area (Å²) in [5, 5.41) is 0.583. The van der Waals surface area contributed by atoms with Crippen LogP contribution in [0.2, 0.25) is 10.0 Å². The molecular weight excluding hydrogens is 349 g/mol. The fourth-order valence-electron chi connectivity index (χ4n) is 2.94. The summed E-state index contributed by atoms with van der Waals surface area (Å²) >= 11 is 12.3. The number of carbonyl (C=O) groups excluding carboxylic acids is 2. The number of nitrogens with zero attached hydrogens (tertiary/aromatic N) is 1. The Balaban J connectivity index is 2.26. The molecule has 1 aromatic rings. The Kier molecular flexibility index (Phi) is 6.16. The highest BCUT2D eigenvalue weighted by Gasteiger charge is 2.32. The highest BCUT2D eigenvalue weighted by molar-refractivity contribution is 6.39. The van der Waals surface area contributed by atoms with Crippen molar-refractivity contribution in [1.29, 1.82) is 0 Å². The van der Waals surface area contributed by atoms with Crippen LogP contribution in [0.3, 0.4) is 0 Å². The summed E-state index contributed by atoms with van der Waals surface area (Å²) in [6.45, 7) is 5.31. The van der Waals surface area contributed by atoms with E-state index in [9.17, 15) is 9.59 Å². The van der Waals surface area contributed by atoms with Crippen LogP contribution in [0.5, 0.6) is 0 Å². The topological polar surface area (TPSA) is 46.6 Å². The van der Waals surface area contributed by atoms with Crippen molar-refractivity contribution in [3.05, 3.63) is 33.8 Å². The Morgan fingerprint density at radius 2 is 1.71 bits per heavy atom. The van der Waals surface area contributed by atoms with Gasteiger partial charge in [-0.25, -0.2) is 0 Å². The summed E-state index contributed by atoms with van der Waals surface area (Å²) in [4.78, 5) is 26.8. The summed E-state index contributed by atoms with van der Waals surface area (Å²) in [7, 11) is 0. The number of hydrogen-bond acceptors (Lipinski definition) is 3. The van der Waals surface area contributed by atoms with Gasteiger partial charge in [-0.2, -0.15) is 0 Å². The van der Waals surface area contributed by atoms with E-state index in [-0.39, 0.29) is 24.1 Å². The molecule has 1 amide bonds. The molecule has 0 N–H and O–H groups in total. The first-order chi connectivity index (χ1) is 11.2. The molecule has 1 fully saturated rings. The van der Waals surface area contributed by atoms with Crippen LogP contribution < -0.4 is 0 Å². The average Bonchev–Trinajstić information content (AvgIpc) is 2.96. The first-order valence-electron chi connectivity index (χ1n) is 8.16. The molecule has 0 aliphatic heterocycles. The molecule has 0 unspecified atom stereocenters. The van der Waals surface area contributed by atoms with E-state index in [1.165, 1.54) is 0 Å². The zero-order valence-corrected chi connectivity index (χ0v) is 15.8. The van der Waals surface area contributed by atoms with Gasteiger partial charge < -0.3 is 9.64 Å². The highest BCUT2D eigenvalue weighted by Crippen LogP contribution is 2.30. The van der Waals surface area contributed by atoms with E-state index >= 15 is 0 Å². The summed E-state index contributed by atoms with van der Waals surface area (Å²) in [6, 6.07) is 4.95. The minimum Gasteiger partial charge on any atom is -0.459 e. The molecule has 132 valence electrons. The lowest BCUT2D eigenvalue weighted by Crippen LogP contribution is -2.44. The fourth-order valence-corrected chi connectivity index (χ4v) is 3.50. The van der Waals surface area contributed by atoms with Gasteiger partial charge >= 0.3 is 5.97 Å². The Labute approximate surface area is 153 Å². The van der Waals surface area contributed by atoms with E-state index in [1.807, 2.05) is 0 Å². The van der Waals surface area contributed by atoms with Crippen LogP contribution in [0, 0.1) is 0 Å². The number of ether oxygens (including phenoxy) is 1. The second kappa shape index (κ2) is 7.75. The maximum Gasteiger partial charge on any atom is 0.326 e. The molecule has 24 heavy (non-hydrogen) atoms. The first kappa shape index (κ1) is 19.1. The smallest absolute Gasteiger partial charge is 0.326 e. The summed E-state index contributed by atoms with van der Waals surface area (Å²) < 4.78 is 5.38. The van der Waals surface area contributed by atoms with E-state index in [2.05, 4.69) is 0 Å². The van der Waals surface area contributed by atoms with E-state index in [0.717, 1.165) is 25.7 Å². The number of benzene rings is 1. The van der Waals surface area contributed by atoms with Crippen LogP contribution in [0.25, 0.3) is 0 Å². The number of amides is 1. The molecule has 0 aromatic heterocycles. The standard InChI is InChI=1S/C18H23Cl2NO3/c1-18(2,3)24-15(22)11-21(12-7-4-5-8-12)17(23)16-13(19)9-6-10-14(16)20/h6,9-10,12H,4-5,7-8,11H2,1-3H3. The molecule has 0 atom stereocenters. The molecule has 1 aromatic carbocycles. The molecule has 0 bridgehead atoms. The van der Waals surface area contributed by atoms with Gasteiger partial charge in [0.1, 0.15) is 12.1 Å². The lowest BCUT2D eigenvalue weighted by atomic mass is 10.1. The molecule has 4 nitrogen and oxygen atoms in total. The van der Waals surface area contributed by atoms with Crippen molar-refractivity contribution in [2.75, 3.05) is 6.54 Å². The Morgan fingerprint density at radius 1 is 1.17 bits per heavy atom. The van der Waals surface area contributed by atoms with Crippen LogP contribution >= 0.6 is 23.2 Å². The second-order valence-corrected chi connectivity index (χ2v) is 7.87. The third kappa shape index (κ3) is 4.87. The van der Waals surface area contributed by atoms with Gasteiger partial charge in [-0.1, -0.05) is 42.1 Å². The lowest BCUT2D eigenvalue weighted by molar-refractivity contribution is -0.156. The van der Waals surface area contributed by atoms with Crippen LogP contribution in [-0.2, 0) is 9.53 Å². The molecule has 1 saturated carbocycles. The van der Waals surface area contributed by atoms with Gasteiger partial charge in [0, 0.05) is 6.04 Å². The Morgan fingerprint density at radius 3 is 2.21 bits per heavy atom. The van der Waals surface area contributed by atoms with Gasteiger partial charge in [0.2, 0.25) is 0 Å². The second-order valence-electron chi connectivity index (χ2n) is 7.05. The third-order valence-electron chi connectivity index (χ3n) is 3.92. The Bertz CT molecular complexity index is 599. The van der Waals surface area contributed by atoms with Crippen LogP contribution in [0.15, 0.2) is 18.2 Å². The number of esters is 1. The number of halogens is 2. The predicted octanol–water partition coefficient (Wildman–Crippen LogP) is 4.72. The third-order valence-corrected chi connectivity index (χ3v) is 4.55. The fraction of sp³-hybridized carbons (Fsp3) is 0.556. The monoisotopic (exact) mass is 371 g/mol. The van der Waals surface area contributed by atoms with Crippen molar-refractivity contribution in [2.45, 2.75) is 58.1 Å². The van der Waals surface area contributed by atoms with Crippen molar-refractivity contribution in [2.24, 2.45) is 0 Å². The molecule has 1 aliphatic carbocycles. The summed E-state index contributed by atoms with van der Waals surface area (Å²) in [5.74, 6) is -0.741. The van der Waals surface area contributed by atoms with E-state index in [4.69, 9.17) is 27.9 Å². The van der Waals surface area contributed by atoms with Crippen LogP contribution in [0.1, 0.15) is 56.8 Å². The molecule has 6 heteroatoms. The maximum atomic E-state index is 13.0. The molecule has 2 rings (SSSR count). The minimum absolute atomic E-state index is 0.0114. The number of hydrogen-bond donors (Lipinski definition) is 0. The zero-order chi connectivity index (χ0) is 17.9. The van der Waals surface area contributed by atoms with E-state index < -0.39 is 11.6 Å². The molecule has 1 aliphatic rings.